The zero-order valence-corrected chi connectivity index (χ0v) is 17.3. The molecular weight excluding hydrogens is 441 g/mol. The van der Waals surface area contributed by atoms with Gasteiger partial charge in [-0.1, -0.05) is 11.3 Å². The number of fused-ring (bicyclic) bond motifs is 1. The van der Waals surface area contributed by atoms with E-state index in [4.69, 9.17) is 4.74 Å². The van der Waals surface area contributed by atoms with Crippen LogP contribution in [0, 0.1) is 3.70 Å². The van der Waals surface area contributed by atoms with Gasteiger partial charge in [0.2, 0.25) is 10.1 Å². The van der Waals surface area contributed by atoms with E-state index in [0.29, 0.717) is 19.1 Å². The molecule has 9 heteroatoms. The van der Waals surface area contributed by atoms with Gasteiger partial charge < -0.3 is 14.5 Å². The van der Waals surface area contributed by atoms with Crippen LogP contribution in [0.5, 0.6) is 0 Å². The second-order valence-electron chi connectivity index (χ2n) is 6.98. The number of anilines is 1. The Bertz CT molecular complexity index is 698. The third-order valence-electron chi connectivity index (χ3n) is 3.97. The number of carbonyl (C=O) groups excluding carboxylic acids is 1. The van der Waals surface area contributed by atoms with Crippen LogP contribution in [-0.2, 0) is 4.74 Å². The van der Waals surface area contributed by atoms with E-state index in [2.05, 4.69) is 44.6 Å². The summed E-state index contributed by atoms with van der Waals surface area (Å²) in [5, 5.41) is 5.56. The maximum atomic E-state index is 12.1. The SMILES string of the molecule is CN(c1nn2cc(I)nc2s1)C1CCN(C(=O)OC(C)(C)C)CC1. The summed E-state index contributed by atoms with van der Waals surface area (Å²) in [5.41, 5.74) is -0.446. The minimum absolute atomic E-state index is 0.217. The van der Waals surface area contributed by atoms with E-state index in [1.165, 1.54) is 0 Å². The van der Waals surface area contributed by atoms with Crippen molar-refractivity contribution in [2.45, 2.75) is 45.3 Å². The maximum absolute atomic E-state index is 12.1. The van der Waals surface area contributed by atoms with E-state index in [-0.39, 0.29) is 6.09 Å². The molecule has 0 unspecified atom stereocenters. The average molecular weight is 463 g/mol. The molecule has 0 aliphatic carbocycles. The highest BCUT2D eigenvalue weighted by Crippen LogP contribution is 2.27. The van der Waals surface area contributed by atoms with Crippen LogP contribution in [0.4, 0.5) is 9.93 Å². The molecule has 1 amide bonds. The van der Waals surface area contributed by atoms with Crippen molar-refractivity contribution < 1.29 is 9.53 Å². The first-order valence-corrected chi connectivity index (χ1v) is 9.85. The van der Waals surface area contributed by atoms with Crippen molar-refractivity contribution in [1.82, 2.24) is 19.5 Å². The molecule has 1 fully saturated rings. The fraction of sp³-hybridized carbons (Fsp3) is 0.667. The lowest BCUT2D eigenvalue weighted by atomic mass is 10.0. The number of carbonyl (C=O) groups is 1. The summed E-state index contributed by atoms with van der Waals surface area (Å²) in [7, 11) is 2.07. The van der Waals surface area contributed by atoms with Gasteiger partial charge in [-0.2, -0.15) is 0 Å². The number of likely N-dealkylation sites (tertiary alicyclic amines) is 1. The number of halogens is 1. The van der Waals surface area contributed by atoms with Crippen LogP contribution in [-0.4, -0.2) is 57.4 Å². The Balaban J connectivity index is 1.59. The minimum Gasteiger partial charge on any atom is -0.444 e. The lowest BCUT2D eigenvalue weighted by molar-refractivity contribution is 0.0205. The van der Waals surface area contributed by atoms with Gasteiger partial charge in [0, 0.05) is 26.2 Å². The molecule has 0 N–H and O–H groups in total. The number of aromatic nitrogens is 3. The summed E-state index contributed by atoms with van der Waals surface area (Å²) in [6.45, 7) is 7.11. The molecule has 0 bridgehead atoms. The van der Waals surface area contributed by atoms with E-state index >= 15 is 0 Å². The highest BCUT2D eigenvalue weighted by atomic mass is 127. The summed E-state index contributed by atoms with van der Waals surface area (Å²) in [6, 6.07) is 0.374. The maximum Gasteiger partial charge on any atom is 0.410 e. The average Bonchev–Trinajstić information content (AvgIpc) is 3.02. The molecule has 0 saturated carbocycles. The molecule has 24 heavy (non-hydrogen) atoms. The first-order chi connectivity index (χ1) is 11.2. The molecule has 3 heterocycles. The van der Waals surface area contributed by atoms with Gasteiger partial charge in [-0.05, 0) is 56.2 Å². The molecule has 2 aromatic heterocycles. The predicted molar refractivity (Wildman–Crippen MR) is 103 cm³/mol. The van der Waals surface area contributed by atoms with E-state index < -0.39 is 5.60 Å². The molecule has 1 aliphatic heterocycles. The first kappa shape index (κ1) is 17.7. The largest absolute Gasteiger partial charge is 0.444 e. The molecule has 0 atom stereocenters. The zero-order valence-electron chi connectivity index (χ0n) is 14.3. The van der Waals surface area contributed by atoms with Crippen molar-refractivity contribution in [3.05, 3.63) is 9.90 Å². The highest BCUT2D eigenvalue weighted by Gasteiger charge is 2.29. The number of ether oxygens (including phenoxy) is 1. The van der Waals surface area contributed by atoms with Crippen LogP contribution in [0.2, 0.25) is 0 Å². The third-order valence-corrected chi connectivity index (χ3v) is 5.50. The lowest BCUT2D eigenvalue weighted by Crippen LogP contribution is -2.47. The van der Waals surface area contributed by atoms with Crippen molar-refractivity contribution in [3.8, 4) is 0 Å². The Morgan fingerprint density at radius 2 is 2.08 bits per heavy atom. The fourth-order valence-electron chi connectivity index (χ4n) is 2.72. The van der Waals surface area contributed by atoms with E-state index in [1.807, 2.05) is 31.5 Å². The Labute approximate surface area is 159 Å². The van der Waals surface area contributed by atoms with Crippen LogP contribution in [0.3, 0.4) is 0 Å². The number of imidazole rings is 1. The Kier molecular flexibility index (Phi) is 4.92. The van der Waals surface area contributed by atoms with Gasteiger partial charge in [-0.15, -0.1) is 5.10 Å². The van der Waals surface area contributed by atoms with Crippen molar-refractivity contribution >= 4 is 50.1 Å². The topological polar surface area (TPSA) is 63.0 Å². The summed E-state index contributed by atoms with van der Waals surface area (Å²) in [5.74, 6) is 0. The van der Waals surface area contributed by atoms with Gasteiger partial charge in [-0.3, -0.25) is 0 Å². The summed E-state index contributed by atoms with van der Waals surface area (Å²) in [4.78, 5) is 21.5. The second-order valence-corrected chi connectivity index (χ2v) is 9.02. The first-order valence-electron chi connectivity index (χ1n) is 7.95. The summed E-state index contributed by atoms with van der Waals surface area (Å²) < 4.78 is 8.23. The molecule has 7 nitrogen and oxygen atoms in total. The van der Waals surface area contributed by atoms with Crippen LogP contribution >= 0.6 is 33.9 Å². The number of nitrogens with zero attached hydrogens (tertiary/aromatic N) is 5. The second kappa shape index (κ2) is 6.66. The van der Waals surface area contributed by atoms with Gasteiger partial charge in [0.1, 0.15) is 9.30 Å². The summed E-state index contributed by atoms with van der Waals surface area (Å²) in [6.07, 6.45) is 3.53. The molecule has 0 spiro atoms. The van der Waals surface area contributed by atoms with Gasteiger partial charge in [0.05, 0.1) is 6.20 Å². The number of hydrogen-bond acceptors (Lipinski definition) is 6. The lowest BCUT2D eigenvalue weighted by Gasteiger charge is -2.37. The molecule has 2 aromatic rings. The summed E-state index contributed by atoms with van der Waals surface area (Å²) >= 11 is 3.78. The van der Waals surface area contributed by atoms with Crippen molar-refractivity contribution in [2.75, 3.05) is 25.0 Å². The van der Waals surface area contributed by atoms with Gasteiger partial charge >= 0.3 is 6.09 Å². The molecule has 0 aromatic carbocycles. The van der Waals surface area contributed by atoms with E-state index in [9.17, 15) is 4.79 Å². The number of hydrogen-bond donors (Lipinski definition) is 0. The van der Waals surface area contributed by atoms with Gasteiger partial charge in [-0.25, -0.2) is 14.3 Å². The Morgan fingerprint density at radius 3 is 2.67 bits per heavy atom. The quantitative estimate of drug-likeness (QED) is 0.641. The zero-order chi connectivity index (χ0) is 17.5. The molecular formula is C15H22IN5O2S. The number of piperidine rings is 1. The Hall–Kier alpha value is -1.10. The van der Waals surface area contributed by atoms with E-state index in [0.717, 1.165) is 26.6 Å². The highest BCUT2D eigenvalue weighted by molar-refractivity contribution is 14.1. The van der Waals surface area contributed by atoms with Crippen molar-refractivity contribution in [1.29, 1.82) is 0 Å². The predicted octanol–water partition coefficient (Wildman–Crippen LogP) is 3.23. The van der Waals surface area contributed by atoms with Crippen LogP contribution < -0.4 is 4.90 Å². The van der Waals surface area contributed by atoms with Crippen LogP contribution in [0.1, 0.15) is 33.6 Å². The molecule has 0 radical (unpaired) electrons. The van der Waals surface area contributed by atoms with Gasteiger partial charge in [0.15, 0.2) is 0 Å². The fourth-order valence-corrected chi connectivity index (χ4v) is 4.30. The smallest absolute Gasteiger partial charge is 0.410 e. The third kappa shape index (κ3) is 3.93. The van der Waals surface area contributed by atoms with Crippen molar-refractivity contribution in [3.63, 3.8) is 0 Å². The monoisotopic (exact) mass is 463 g/mol. The molecule has 1 aliphatic rings. The normalized spacial score (nSPS) is 16.6. The molecule has 3 rings (SSSR count). The van der Waals surface area contributed by atoms with Gasteiger partial charge in [0.25, 0.3) is 0 Å². The minimum atomic E-state index is -0.446. The van der Waals surface area contributed by atoms with E-state index in [1.54, 1.807) is 16.2 Å². The standard InChI is InChI=1S/C15H22IN5O2S/c1-15(2,3)23-14(22)20-7-5-10(6-8-20)19(4)13-18-21-9-11(16)17-12(21)24-13/h9-10H,5-8H2,1-4H3. The van der Waals surface area contributed by atoms with Crippen molar-refractivity contribution in [2.24, 2.45) is 0 Å². The van der Waals surface area contributed by atoms with Crippen LogP contribution in [0.15, 0.2) is 6.20 Å². The Morgan fingerprint density at radius 1 is 1.42 bits per heavy atom. The van der Waals surface area contributed by atoms with Crippen LogP contribution in [0.25, 0.3) is 4.96 Å². The molecule has 132 valence electrons. The number of rotatable bonds is 2. The molecule has 1 saturated heterocycles. The number of amides is 1.